The number of hydrogen-bond acceptors (Lipinski definition) is 4. The molecule has 0 spiro atoms. The van der Waals surface area contributed by atoms with Crippen molar-refractivity contribution in [1.29, 1.82) is 5.26 Å². The molecule has 0 radical (unpaired) electrons. The first-order valence-corrected chi connectivity index (χ1v) is 8.82. The topological polar surface area (TPSA) is 45.9 Å². The number of fused-ring (bicyclic) bond motifs is 1. The number of para-hydroxylation sites is 1. The van der Waals surface area contributed by atoms with Gasteiger partial charge in [0.25, 0.3) is 0 Å². The van der Waals surface area contributed by atoms with Crippen LogP contribution in [0.25, 0.3) is 21.9 Å². The van der Waals surface area contributed by atoms with Crippen molar-refractivity contribution in [2.75, 3.05) is 6.61 Å². The largest absolute Gasteiger partial charge is 0.494 e. The fourth-order valence-corrected chi connectivity index (χ4v) is 3.22. The molecule has 1 aromatic heterocycles. The molecule has 4 heteroatoms. The van der Waals surface area contributed by atoms with Crippen molar-refractivity contribution in [2.45, 2.75) is 19.8 Å². The molecule has 24 heavy (non-hydrogen) atoms. The standard InChI is InChI=1S/C20H18N2OS/c1-2-3-12-23-17-10-8-15(9-11-17)13-16(14-21)20-22-18-6-4-5-7-19(18)24-20/h4-11,13H,2-3,12H2,1H3/b16-13+. The average Bonchev–Trinajstić information content (AvgIpc) is 3.05. The number of hydrogen-bond donors (Lipinski definition) is 0. The summed E-state index contributed by atoms with van der Waals surface area (Å²) in [6, 6.07) is 18.0. The molecule has 0 atom stereocenters. The van der Waals surface area contributed by atoms with E-state index in [0.29, 0.717) is 5.57 Å². The average molecular weight is 334 g/mol. The first kappa shape index (κ1) is 16.2. The Morgan fingerprint density at radius 1 is 1.21 bits per heavy atom. The molecule has 120 valence electrons. The Balaban J connectivity index is 1.81. The Morgan fingerprint density at radius 3 is 2.71 bits per heavy atom. The van der Waals surface area contributed by atoms with Gasteiger partial charge in [0.2, 0.25) is 0 Å². The Morgan fingerprint density at radius 2 is 2.00 bits per heavy atom. The fraction of sp³-hybridized carbons (Fsp3) is 0.200. The minimum atomic E-state index is 0.579. The van der Waals surface area contributed by atoms with Gasteiger partial charge in [-0.05, 0) is 42.3 Å². The van der Waals surface area contributed by atoms with E-state index in [4.69, 9.17) is 4.74 Å². The van der Waals surface area contributed by atoms with Crippen LogP contribution in [0.5, 0.6) is 5.75 Å². The normalized spacial score (nSPS) is 11.4. The van der Waals surface area contributed by atoms with Gasteiger partial charge in [-0.2, -0.15) is 5.26 Å². The summed E-state index contributed by atoms with van der Waals surface area (Å²) in [6.07, 6.45) is 4.04. The zero-order chi connectivity index (χ0) is 16.8. The second kappa shape index (κ2) is 7.76. The molecule has 3 nitrogen and oxygen atoms in total. The van der Waals surface area contributed by atoms with E-state index in [1.54, 1.807) is 0 Å². The number of unbranched alkanes of at least 4 members (excludes halogenated alkanes) is 1. The van der Waals surface area contributed by atoms with E-state index in [2.05, 4.69) is 18.0 Å². The van der Waals surface area contributed by atoms with Crippen LogP contribution in [-0.2, 0) is 0 Å². The highest BCUT2D eigenvalue weighted by Crippen LogP contribution is 2.28. The van der Waals surface area contributed by atoms with Gasteiger partial charge in [0, 0.05) is 0 Å². The van der Waals surface area contributed by atoms with Gasteiger partial charge in [-0.3, -0.25) is 0 Å². The summed E-state index contributed by atoms with van der Waals surface area (Å²) in [7, 11) is 0. The molecule has 0 fully saturated rings. The van der Waals surface area contributed by atoms with Crippen molar-refractivity contribution >= 4 is 33.2 Å². The summed E-state index contributed by atoms with van der Waals surface area (Å²) < 4.78 is 6.75. The van der Waals surface area contributed by atoms with Gasteiger partial charge in [-0.15, -0.1) is 11.3 Å². The quantitative estimate of drug-likeness (QED) is 0.439. The molecule has 2 aromatic carbocycles. The lowest BCUT2D eigenvalue weighted by Crippen LogP contribution is -1.95. The summed E-state index contributed by atoms with van der Waals surface area (Å²) >= 11 is 1.54. The Labute approximate surface area is 145 Å². The first-order valence-electron chi connectivity index (χ1n) is 8.01. The van der Waals surface area contributed by atoms with E-state index in [-0.39, 0.29) is 0 Å². The fourth-order valence-electron chi connectivity index (χ4n) is 2.29. The molecule has 0 unspecified atom stereocenters. The molecule has 0 aliphatic heterocycles. The maximum Gasteiger partial charge on any atom is 0.135 e. The number of ether oxygens (including phenoxy) is 1. The molecule has 0 N–H and O–H groups in total. The third kappa shape index (κ3) is 3.81. The SMILES string of the molecule is CCCCOc1ccc(/C=C(\C#N)c2nc3ccccc3s2)cc1. The highest BCUT2D eigenvalue weighted by Gasteiger charge is 2.08. The van der Waals surface area contributed by atoms with Crippen molar-refractivity contribution in [1.82, 2.24) is 4.98 Å². The number of rotatable bonds is 6. The van der Waals surface area contributed by atoms with Gasteiger partial charge < -0.3 is 4.74 Å². The molecule has 1 heterocycles. The van der Waals surface area contributed by atoms with Gasteiger partial charge in [0.1, 0.15) is 16.8 Å². The summed E-state index contributed by atoms with van der Waals surface area (Å²) in [5, 5.41) is 10.2. The van der Waals surface area contributed by atoms with Gasteiger partial charge in [0.05, 0.1) is 22.4 Å². The molecule has 0 bridgehead atoms. The second-order valence-electron chi connectivity index (χ2n) is 5.43. The molecular formula is C20H18N2OS. The molecule has 0 aliphatic carbocycles. The highest BCUT2D eigenvalue weighted by molar-refractivity contribution is 7.19. The molecule has 0 aliphatic rings. The number of nitrogens with zero attached hydrogens (tertiary/aromatic N) is 2. The van der Waals surface area contributed by atoms with Gasteiger partial charge >= 0.3 is 0 Å². The molecule has 0 saturated heterocycles. The van der Waals surface area contributed by atoms with Crippen molar-refractivity contribution in [3.8, 4) is 11.8 Å². The predicted molar refractivity (Wildman–Crippen MR) is 99.9 cm³/mol. The maximum atomic E-state index is 9.49. The Kier molecular flexibility index (Phi) is 5.25. The number of benzene rings is 2. The lowest BCUT2D eigenvalue weighted by molar-refractivity contribution is 0.309. The van der Waals surface area contributed by atoms with E-state index < -0.39 is 0 Å². The predicted octanol–water partition coefficient (Wildman–Crippen LogP) is 5.54. The molecular weight excluding hydrogens is 316 g/mol. The Hall–Kier alpha value is -2.64. The number of aromatic nitrogens is 1. The van der Waals surface area contributed by atoms with E-state index in [1.165, 1.54) is 11.3 Å². The number of allylic oxidation sites excluding steroid dienone is 1. The summed E-state index contributed by atoms with van der Waals surface area (Å²) in [6.45, 7) is 2.88. The lowest BCUT2D eigenvalue weighted by atomic mass is 10.1. The Bertz CT molecular complexity index is 855. The summed E-state index contributed by atoms with van der Waals surface area (Å²) in [5.74, 6) is 0.860. The summed E-state index contributed by atoms with van der Waals surface area (Å²) in [5.41, 5.74) is 2.47. The third-order valence-electron chi connectivity index (χ3n) is 3.60. The zero-order valence-electron chi connectivity index (χ0n) is 13.5. The van der Waals surface area contributed by atoms with Crippen LogP contribution in [0.3, 0.4) is 0 Å². The minimum Gasteiger partial charge on any atom is -0.494 e. The van der Waals surface area contributed by atoms with Gasteiger partial charge in [-0.1, -0.05) is 37.6 Å². The molecule has 0 saturated carbocycles. The van der Waals surface area contributed by atoms with Crippen molar-refractivity contribution in [3.05, 3.63) is 59.1 Å². The molecule has 0 amide bonds. The zero-order valence-corrected chi connectivity index (χ0v) is 14.3. The van der Waals surface area contributed by atoms with Crippen LogP contribution in [0.15, 0.2) is 48.5 Å². The van der Waals surface area contributed by atoms with E-state index in [0.717, 1.165) is 46.0 Å². The molecule has 3 aromatic rings. The van der Waals surface area contributed by atoms with Crippen LogP contribution >= 0.6 is 11.3 Å². The third-order valence-corrected chi connectivity index (χ3v) is 4.67. The van der Waals surface area contributed by atoms with Crippen LogP contribution in [0.1, 0.15) is 30.3 Å². The minimum absolute atomic E-state index is 0.579. The van der Waals surface area contributed by atoms with Crippen LogP contribution in [0, 0.1) is 11.3 Å². The van der Waals surface area contributed by atoms with Crippen LogP contribution in [0.4, 0.5) is 0 Å². The monoisotopic (exact) mass is 334 g/mol. The smallest absolute Gasteiger partial charge is 0.135 e. The van der Waals surface area contributed by atoms with Crippen molar-refractivity contribution in [3.63, 3.8) is 0 Å². The maximum absolute atomic E-state index is 9.49. The van der Waals surface area contributed by atoms with Crippen LogP contribution in [-0.4, -0.2) is 11.6 Å². The van der Waals surface area contributed by atoms with Crippen LogP contribution < -0.4 is 4.74 Å². The van der Waals surface area contributed by atoms with Crippen molar-refractivity contribution < 1.29 is 4.74 Å². The summed E-state index contributed by atoms with van der Waals surface area (Å²) in [4.78, 5) is 4.55. The second-order valence-corrected chi connectivity index (χ2v) is 6.46. The molecule has 3 rings (SSSR count). The highest BCUT2D eigenvalue weighted by atomic mass is 32.1. The van der Waals surface area contributed by atoms with Gasteiger partial charge in [-0.25, -0.2) is 4.98 Å². The van der Waals surface area contributed by atoms with Crippen molar-refractivity contribution in [2.24, 2.45) is 0 Å². The van der Waals surface area contributed by atoms with Gasteiger partial charge in [0.15, 0.2) is 0 Å². The number of nitriles is 1. The lowest BCUT2D eigenvalue weighted by Gasteiger charge is -2.05. The number of thiazole rings is 1. The van der Waals surface area contributed by atoms with E-state index in [9.17, 15) is 5.26 Å². The van der Waals surface area contributed by atoms with E-state index in [1.807, 2.05) is 54.6 Å². The van der Waals surface area contributed by atoms with E-state index >= 15 is 0 Å². The first-order chi connectivity index (χ1) is 11.8. The van der Waals surface area contributed by atoms with Crippen LogP contribution in [0.2, 0.25) is 0 Å².